The third-order valence-corrected chi connectivity index (χ3v) is 4.15. The number of ether oxygens (including phenoxy) is 2. The number of hydrogen-bond donors (Lipinski definition) is 2. The van der Waals surface area contributed by atoms with Crippen molar-refractivity contribution in [1.82, 2.24) is 15.0 Å². The molecule has 0 radical (unpaired) electrons. The van der Waals surface area contributed by atoms with E-state index in [-0.39, 0.29) is 5.82 Å². The van der Waals surface area contributed by atoms with Crippen LogP contribution < -0.4 is 14.9 Å². The number of benzene rings is 2. The summed E-state index contributed by atoms with van der Waals surface area (Å²) < 4.78 is 24.2. The van der Waals surface area contributed by atoms with E-state index in [0.29, 0.717) is 33.7 Å². The summed E-state index contributed by atoms with van der Waals surface area (Å²) in [5.41, 5.74) is 5.68. The fourth-order valence-corrected chi connectivity index (χ4v) is 2.93. The van der Waals surface area contributed by atoms with E-state index in [1.807, 2.05) is 12.1 Å². The monoisotopic (exact) mass is 365 g/mol. The Kier molecular flexibility index (Phi) is 4.29. The highest BCUT2D eigenvalue weighted by molar-refractivity contribution is 6.08. The summed E-state index contributed by atoms with van der Waals surface area (Å²) in [6.07, 6.45) is 3.02. The molecule has 0 fully saturated rings. The van der Waals surface area contributed by atoms with Crippen molar-refractivity contribution in [2.75, 3.05) is 19.6 Å². The Balaban J connectivity index is 1.69. The van der Waals surface area contributed by atoms with E-state index in [9.17, 15) is 4.39 Å². The molecule has 0 amide bonds. The van der Waals surface area contributed by atoms with Gasteiger partial charge in [-0.15, -0.1) is 0 Å². The summed E-state index contributed by atoms with van der Waals surface area (Å²) in [7, 11) is 3.15. The molecule has 0 bridgehead atoms. The summed E-state index contributed by atoms with van der Waals surface area (Å²) >= 11 is 0. The molecule has 4 rings (SSSR count). The third-order valence-electron chi connectivity index (χ3n) is 4.15. The molecule has 2 aromatic heterocycles. The second-order valence-electron chi connectivity index (χ2n) is 5.71. The van der Waals surface area contributed by atoms with E-state index in [0.717, 1.165) is 11.1 Å². The maximum atomic E-state index is 13.5. The number of H-pyrrole nitrogens is 1. The number of aromatic amines is 1. The number of nitrogens with one attached hydrogen (secondary N) is 2. The van der Waals surface area contributed by atoms with E-state index < -0.39 is 0 Å². The quantitative estimate of drug-likeness (QED) is 0.416. The Bertz CT molecular complexity index is 1160. The largest absolute Gasteiger partial charge is 0.493 e. The molecule has 136 valence electrons. The minimum Gasteiger partial charge on any atom is -0.493 e. The predicted molar refractivity (Wildman–Crippen MR) is 102 cm³/mol. The molecular weight excluding hydrogens is 349 g/mol. The van der Waals surface area contributed by atoms with E-state index in [1.54, 1.807) is 32.6 Å². The smallest absolute Gasteiger partial charge is 0.174 e. The molecule has 0 saturated heterocycles. The normalized spacial score (nSPS) is 11.4. The summed E-state index contributed by atoms with van der Waals surface area (Å²) in [4.78, 5) is 11.7. The van der Waals surface area contributed by atoms with Gasteiger partial charge in [-0.2, -0.15) is 5.10 Å². The van der Waals surface area contributed by atoms with Gasteiger partial charge in [0.1, 0.15) is 23.2 Å². The lowest BCUT2D eigenvalue weighted by Crippen LogP contribution is -1.98. The minimum atomic E-state index is -0.320. The predicted octanol–water partition coefficient (Wildman–Crippen LogP) is 3.71. The number of fused-ring (bicyclic) bond motifs is 3. The first-order valence-corrected chi connectivity index (χ1v) is 8.13. The number of hydrazone groups is 1. The average Bonchev–Trinajstić information content (AvgIpc) is 3.06. The standard InChI is InChI=1S/C19H16FN5O2/c1-26-15-5-3-4-11(18(15)27-2)9-23-25-19-17-16(21-10-22-19)13-8-12(20)6-7-14(13)24-17/h3-10,24H,1-2H3,(H,21,22,25). The number of halogens is 1. The molecule has 0 aliphatic carbocycles. The van der Waals surface area contributed by atoms with Gasteiger partial charge in [0.25, 0.3) is 0 Å². The minimum absolute atomic E-state index is 0.320. The number of aromatic nitrogens is 3. The van der Waals surface area contributed by atoms with Crippen LogP contribution in [0.3, 0.4) is 0 Å². The Labute approximate surface area is 153 Å². The van der Waals surface area contributed by atoms with E-state index in [4.69, 9.17) is 9.47 Å². The maximum Gasteiger partial charge on any atom is 0.174 e. The topological polar surface area (TPSA) is 84.4 Å². The van der Waals surface area contributed by atoms with Gasteiger partial charge in [-0.1, -0.05) is 6.07 Å². The Morgan fingerprint density at radius 2 is 2.04 bits per heavy atom. The van der Waals surface area contributed by atoms with Gasteiger partial charge in [-0.05, 0) is 30.3 Å². The van der Waals surface area contributed by atoms with Crippen molar-refractivity contribution in [2.24, 2.45) is 5.10 Å². The van der Waals surface area contributed by atoms with Crippen molar-refractivity contribution >= 4 is 34.0 Å². The lowest BCUT2D eigenvalue weighted by atomic mass is 10.2. The van der Waals surface area contributed by atoms with Crippen molar-refractivity contribution in [3.05, 3.63) is 54.1 Å². The average molecular weight is 365 g/mol. The Hall–Kier alpha value is -3.68. The summed E-state index contributed by atoms with van der Waals surface area (Å²) in [6, 6.07) is 10.0. The van der Waals surface area contributed by atoms with Crippen molar-refractivity contribution in [2.45, 2.75) is 0 Å². The second kappa shape index (κ2) is 6.91. The van der Waals surface area contributed by atoms with Crippen LogP contribution in [-0.4, -0.2) is 35.4 Å². The first-order valence-electron chi connectivity index (χ1n) is 8.13. The fourth-order valence-electron chi connectivity index (χ4n) is 2.93. The van der Waals surface area contributed by atoms with E-state index >= 15 is 0 Å². The highest BCUT2D eigenvalue weighted by Gasteiger charge is 2.11. The number of methoxy groups -OCH3 is 2. The van der Waals surface area contributed by atoms with Crippen LogP contribution in [-0.2, 0) is 0 Å². The lowest BCUT2D eigenvalue weighted by molar-refractivity contribution is 0.354. The Morgan fingerprint density at radius 1 is 1.15 bits per heavy atom. The van der Waals surface area contributed by atoms with Gasteiger partial charge >= 0.3 is 0 Å². The van der Waals surface area contributed by atoms with Crippen molar-refractivity contribution in [3.63, 3.8) is 0 Å². The molecule has 0 atom stereocenters. The molecule has 4 aromatic rings. The highest BCUT2D eigenvalue weighted by atomic mass is 19.1. The molecule has 8 heteroatoms. The number of hydrogen-bond acceptors (Lipinski definition) is 6. The van der Waals surface area contributed by atoms with Gasteiger partial charge < -0.3 is 14.5 Å². The van der Waals surface area contributed by atoms with Gasteiger partial charge in [0.15, 0.2) is 17.3 Å². The van der Waals surface area contributed by atoms with Gasteiger partial charge in [0.2, 0.25) is 0 Å². The zero-order valence-electron chi connectivity index (χ0n) is 14.7. The molecular formula is C19H16FN5O2. The highest BCUT2D eigenvalue weighted by Crippen LogP contribution is 2.30. The summed E-state index contributed by atoms with van der Waals surface area (Å²) in [6.45, 7) is 0. The van der Waals surface area contributed by atoms with Crippen LogP contribution in [0.15, 0.2) is 47.8 Å². The zero-order valence-corrected chi connectivity index (χ0v) is 14.7. The van der Waals surface area contributed by atoms with E-state index in [1.165, 1.54) is 18.5 Å². The molecule has 7 nitrogen and oxygen atoms in total. The molecule has 2 heterocycles. The zero-order chi connectivity index (χ0) is 18.8. The summed E-state index contributed by atoms with van der Waals surface area (Å²) in [5, 5.41) is 4.93. The van der Waals surface area contributed by atoms with Crippen LogP contribution >= 0.6 is 0 Å². The molecule has 0 unspecified atom stereocenters. The number of anilines is 1. The van der Waals surface area contributed by atoms with Gasteiger partial charge in [0.05, 0.1) is 20.4 Å². The van der Waals surface area contributed by atoms with Gasteiger partial charge in [0, 0.05) is 16.5 Å². The molecule has 2 N–H and O–H groups in total. The summed E-state index contributed by atoms with van der Waals surface area (Å²) in [5.74, 6) is 1.36. The number of para-hydroxylation sites is 1. The number of rotatable bonds is 5. The third kappa shape index (κ3) is 3.01. The first kappa shape index (κ1) is 16.8. The van der Waals surface area contributed by atoms with Crippen LogP contribution in [0.25, 0.3) is 21.9 Å². The molecule has 27 heavy (non-hydrogen) atoms. The fraction of sp³-hybridized carbons (Fsp3) is 0.105. The lowest BCUT2D eigenvalue weighted by Gasteiger charge is -2.09. The molecule has 0 aliphatic heterocycles. The second-order valence-corrected chi connectivity index (χ2v) is 5.71. The molecule has 0 spiro atoms. The van der Waals surface area contributed by atoms with Crippen molar-refractivity contribution in [3.8, 4) is 11.5 Å². The first-order chi connectivity index (χ1) is 13.2. The molecule has 0 saturated carbocycles. The van der Waals surface area contributed by atoms with E-state index in [2.05, 4.69) is 25.5 Å². The van der Waals surface area contributed by atoms with Crippen LogP contribution in [0, 0.1) is 5.82 Å². The van der Waals surface area contributed by atoms with Gasteiger partial charge in [-0.25, -0.2) is 14.4 Å². The molecule has 2 aromatic carbocycles. The van der Waals surface area contributed by atoms with Gasteiger partial charge in [-0.3, -0.25) is 5.43 Å². The van der Waals surface area contributed by atoms with Crippen LogP contribution in [0.5, 0.6) is 11.5 Å². The van der Waals surface area contributed by atoms with Crippen LogP contribution in [0.4, 0.5) is 10.2 Å². The van der Waals surface area contributed by atoms with Crippen LogP contribution in [0.2, 0.25) is 0 Å². The maximum absolute atomic E-state index is 13.5. The SMILES string of the molecule is COc1cccc(C=NNc2ncnc3c2[nH]c2ccc(F)cc23)c1OC. The number of nitrogens with zero attached hydrogens (tertiary/aromatic N) is 3. The van der Waals surface area contributed by atoms with Crippen LogP contribution in [0.1, 0.15) is 5.56 Å². The van der Waals surface area contributed by atoms with Crippen molar-refractivity contribution < 1.29 is 13.9 Å². The molecule has 0 aliphatic rings. The Morgan fingerprint density at radius 3 is 2.85 bits per heavy atom. The van der Waals surface area contributed by atoms with Crippen molar-refractivity contribution in [1.29, 1.82) is 0 Å².